The molecule has 6 heteroatoms. The van der Waals surface area contributed by atoms with Gasteiger partial charge in [0.25, 0.3) is 0 Å². The van der Waals surface area contributed by atoms with Crippen LogP contribution in [0.15, 0.2) is 48.5 Å². The van der Waals surface area contributed by atoms with E-state index in [1.54, 1.807) is 17.0 Å². The SMILES string of the molecule is CCCCC(=O)NCCCN(C(=O)Nc1ccc(C)cc1)c1ccc(F)cc1. The zero-order valence-electron chi connectivity index (χ0n) is 16.5. The van der Waals surface area contributed by atoms with Crippen molar-refractivity contribution in [2.45, 2.75) is 39.5 Å². The number of amides is 3. The molecule has 0 saturated heterocycles. The van der Waals surface area contributed by atoms with Crippen molar-refractivity contribution >= 4 is 23.3 Å². The summed E-state index contributed by atoms with van der Waals surface area (Å²) in [6.07, 6.45) is 2.96. The molecule has 2 aromatic rings. The average Bonchev–Trinajstić information content (AvgIpc) is 2.69. The van der Waals surface area contributed by atoms with Crippen LogP contribution in [0.25, 0.3) is 0 Å². The number of hydrogen-bond donors (Lipinski definition) is 2. The maximum Gasteiger partial charge on any atom is 0.326 e. The van der Waals surface area contributed by atoms with Crippen LogP contribution in [0.3, 0.4) is 0 Å². The van der Waals surface area contributed by atoms with Gasteiger partial charge in [-0.15, -0.1) is 0 Å². The van der Waals surface area contributed by atoms with Crippen LogP contribution in [0, 0.1) is 12.7 Å². The Hall–Kier alpha value is -2.89. The first kappa shape index (κ1) is 21.4. The topological polar surface area (TPSA) is 61.4 Å². The summed E-state index contributed by atoms with van der Waals surface area (Å²) in [6, 6.07) is 13.0. The zero-order chi connectivity index (χ0) is 20.4. The maximum atomic E-state index is 13.3. The number of nitrogens with one attached hydrogen (secondary N) is 2. The van der Waals surface area contributed by atoms with Gasteiger partial charge in [0, 0.05) is 30.9 Å². The van der Waals surface area contributed by atoms with E-state index in [1.807, 2.05) is 38.1 Å². The molecular formula is C22H28FN3O2. The van der Waals surface area contributed by atoms with E-state index in [0.717, 1.165) is 18.4 Å². The lowest BCUT2D eigenvalue weighted by molar-refractivity contribution is -0.121. The van der Waals surface area contributed by atoms with E-state index in [1.165, 1.54) is 12.1 Å². The molecule has 0 fully saturated rings. The second kappa shape index (κ2) is 11.1. The number of carbonyl (C=O) groups is 2. The minimum Gasteiger partial charge on any atom is -0.356 e. The van der Waals surface area contributed by atoms with E-state index in [2.05, 4.69) is 10.6 Å². The molecule has 0 aliphatic carbocycles. The molecule has 0 aliphatic heterocycles. The molecule has 3 amide bonds. The monoisotopic (exact) mass is 385 g/mol. The van der Waals surface area contributed by atoms with Gasteiger partial charge in [0.1, 0.15) is 5.82 Å². The molecule has 5 nitrogen and oxygen atoms in total. The summed E-state index contributed by atoms with van der Waals surface area (Å²) in [5, 5.41) is 5.74. The first-order chi connectivity index (χ1) is 13.5. The Balaban J connectivity index is 1.98. The molecule has 2 N–H and O–H groups in total. The molecule has 2 aromatic carbocycles. The highest BCUT2D eigenvalue weighted by Gasteiger charge is 2.16. The average molecular weight is 385 g/mol. The normalized spacial score (nSPS) is 10.4. The van der Waals surface area contributed by atoms with Crippen LogP contribution in [0.4, 0.5) is 20.6 Å². The number of halogens is 1. The van der Waals surface area contributed by atoms with Gasteiger partial charge in [-0.2, -0.15) is 0 Å². The molecule has 150 valence electrons. The Morgan fingerprint density at radius 2 is 1.68 bits per heavy atom. The highest BCUT2D eigenvalue weighted by Crippen LogP contribution is 2.18. The van der Waals surface area contributed by atoms with Gasteiger partial charge in [0.2, 0.25) is 5.91 Å². The predicted molar refractivity (Wildman–Crippen MR) is 111 cm³/mol. The highest BCUT2D eigenvalue weighted by molar-refractivity contribution is 6.01. The quantitative estimate of drug-likeness (QED) is 0.605. The van der Waals surface area contributed by atoms with Gasteiger partial charge < -0.3 is 10.6 Å². The lowest BCUT2D eigenvalue weighted by Gasteiger charge is -2.23. The van der Waals surface area contributed by atoms with Crippen molar-refractivity contribution in [3.63, 3.8) is 0 Å². The molecule has 0 unspecified atom stereocenters. The Kier molecular flexibility index (Phi) is 8.46. The zero-order valence-corrected chi connectivity index (χ0v) is 16.5. The van der Waals surface area contributed by atoms with Gasteiger partial charge in [-0.3, -0.25) is 9.69 Å². The third-order valence-corrected chi connectivity index (χ3v) is 4.32. The standard InChI is InChI=1S/C22H28FN3O2/c1-3-4-6-21(27)24-15-5-16-26(20-13-9-18(23)10-14-20)22(28)25-19-11-7-17(2)8-12-19/h7-14H,3-6,15-16H2,1-2H3,(H,24,27)(H,25,28). The van der Waals surface area contributed by atoms with Gasteiger partial charge in [-0.05, 0) is 56.2 Å². The maximum absolute atomic E-state index is 13.3. The minimum atomic E-state index is -0.356. The van der Waals surface area contributed by atoms with E-state index in [0.29, 0.717) is 37.3 Å². The fourth-order valence-corrected chi connectivity index (χ4v) is 2.69. The van der Waals surface area contributed by atoms with Gasteiger partial charge in [0.15, 0.2) is 0 Å². The smallest absolute Gasteiger partial charge is 0.326 e. The second-order valence-electron chi connectivity index (χ2n) is 6.73. The molecule has 0 aliphatic rings. The number of anilines is 2. The summed E-state index contributed by atoms with van der Waals surface area (Å²) < 4.78 is 13.3. The van der Waals surface area contributed by atoms with Gasteiger partial charge in [-0.25, -0.2) is 9.18 Å². The number of hydrogen-bond acceptors (Lipinski definition) is 2. The summed E-state index contributed by atoms with van der Waals surface area (Å²) >= 11 is 0. The van der Waals surface area contributed by atoms with E-state index in [-0.39, 0.29) is 17.8 Å². The molecule has 0 spiro atoms. The molecule has 0 bridgehead atoms. The fourth-order valence-electron chi connectivity index (χ4n) is 2.69. The van der Waals surface area contributed by atoms with Gasteiger partial charge >= 0.3 is 6.03 Å². The van der Waals surface area contributed by atoms with Crippen LogP contribution in [-0.4, -0.2) is 25.0 Å². The summed E-state index contributed by atoms with van der Waals surface area (Å²) in [7, 11) is 0. The van der Waals surface area contributed by atoms with Crippen molar-refractivity contribution in [1.82, 2.24) is 5.32 Å². The number of benzene rings is 2. The molecule has 0 radical (unpaired) electrons. The lowest BCUT2D eigenvalue weighted by Crippen LogP contribution is -2.37. The fraction of sp³-hybridized carbons (Fsp3) is 0.364. The predicted octanol–water partition coefficient (Wildman–Crippen LogP) is 4.87. The molecule has 0 saturated carbocycles. The minimum absolute atomic E-state index is 0.0271. The summed E-state index contributed by atoms with van der Waals surface area (Å²) in [5.74, 6) is -0.329. The number of nitrogens with zero attached hydrogens (tertiary/aromatic N) is 1. The van der Waals surface area contributed by atoms with E-state index in [9.17, 15) is 14.0 Å². The van der Waals surface area contributed by atoms with Gasteiger partial charge in [-0.1, -0.05) is 31.0 Å². The van der Waals surface area contributed by atoms with Crippen LogP contribution < -0.4 is 15.5 Å². The Morgan fingerprint density at radius 3 is 2.32 bits per heavy atom. The Morgan fingerprint density at radius 1 is 1.00 bits per heavy atom. The summed E-state index contributed by atoms with van der Waals surface area (Å²) in [5.41, 5.74) is 2.39. The third kappa shape index (κ3) is 7.02. The van der Waals surface area contributed by atoms with Crippen molar-refractivity contribution in [2.24, 2.45) is 0 Å². The first-order valence-electron chi connectivity index (χ1n) is 9.67. The molecule has 0 heterocycles. The Labute approximate surface area is 165 Å². The molecule has 0 aromatic heterocycles. The number of urea groups is 1. The molecule has 28 heavy (non-hydrogen) atoms. The van der Waals surface area contributed by atoms with Crippen LogP contribution in [0.1, 0.15) is 38.2 Å². The van der Waals surface area contributed by atoms with Crippen molar-refractivity contribution < 1.29 is 14.0 Å². The lowest BCUT2D eigenvalue weighted by atomic mass is 10.2. The van der Waals surface area contributed by atoms with Crippen molar-refractivity contribution in [1.29, 1.82) is 0 Å². The summed E-state index contributed by atoms with van der Waals surface area (Å²) in [6.45, 7) is 4.90. The third-order valence-electron chi connectivity index (χ3n) is 4.32. The number of carbonyl (C=O) groups excluding carboxylic acids is 2. The van der Waals surface area contributed by atoms with E-state index < -0.39 is 0 Å². The van der Waals surface area contributed by atoms with Gasteiger partial charge in [0.05, 0.1) is 0 Å². The van der Waals surface area contributed by atoms with Crippen molar-refractivity contribution in [2.75, 3.05) is 23.3 Å². The number of rotatable bonds is 9. The largest absolute Gasteiger partial charge is 0.356 e. The molecular weight excluding hydrogens is 357 g/mol. The summed E-state index contributed by atoms with van der Waals surface area (Å²) in [4.78, 5) is 26.1. The molecule has 2 rings (SSSR count). The van der Waals surface area contributed by atoms with E-state index >= 15 is 0 Å². The van der Waals surface area contributed by atoms with Crippen molar-refractivity contribution in [3.8, 4) is 0 Å². The van der Waals surface area contributed by atoms with Crippen LogP contribution in [0.5, 0.6) is 0 Å². The van der Waals surface area contributed by atoms with E-state index in [4.69, 9.17) is 0 Å². The second-order valence-corrected chi connectivity index (χ2v) is 6.73. The highest BCUT2D eigenvalue weighted by atomic mass is 19.1. The van der Waals surface area contributed by atoms with Crippen LogP contribution in [0.2, 0.25) is 0 Å². The Bertz CT molecular complexity index is 760. The first-order valence-corrected chi connectivity index (χ1v) is 9.67. The van der Waals surface area contributed by atoms with Crippen molar-refractivity contribution in [3.05, 3.63) is 59.9 Å². The molecule has 0 atom stereocenters. The number of unbranched alkanes of at least 4 members (excludes halogenated alkanes) is 1. The number of aryl methyl sites for hydroxylation is 1. The van der Waals surface area contributed by atoms with Crippen LogP contribution >= 0.6 is 0 Å². The van der Waals surface area contributed by atoms with Crippen LogP contribution in [-0.2, 0) is 4.79 Å².